The molecule has 0 unspecified atom stereocenters. The van der Waals surface area contributed by atoms with Gasteiger partial charge < -0.3 is 24.1 Å². The normalized spacial score (nSPS) is 13.3. The van der Waals surface area contributed by atoms with Crippen molar-refractivity contribution >= 4 is 11.9 Å². The summed E-state index contributed by atoms with van der Waals surface area (Å²) in [6, 6.07) is 0. The number of hydrogen-bond acceptors (Lipinski definition) is 7. The molecule has 0 aliphatic carbocycles. The highest BCUT2D eigenvalue weighted by Gasteiger charge is 2.31. The predicted octanol–water partition coefficient (Wildman–Crippen LogP) is 5.18. The van der Waals surface area contributed by atoms with E-state index in [1.807, 2.05) is 33.8 Å². The first-order valence-electron chi connectivity index (χ1n) is 11.8. The van der Waals surface area contributed by atoms with Crippen LogP contribution in [0.5, 0.6) is 11.5 Å². The Kier molecular flexibility index (Phi) is 10.7. The van der Waals surface area contributed by atoms with Gasteiger partial charge in [0.15, 0.2) is 0 Å². The fourth-order valence-corrected chi connectivity index (χ4v) is 3.84. The van der Waals surface area contributed by atoms with Gasteiger partial charge in [0.1, 0.15) is 23.7 Å². The third-order valence-corrected chi connectivity index (χ3v) is 5.78. The molecule has 1 aliphatic rings. The van der Waals surface area contributed by atoms with Gasteiger partial charge in [0.25, 0.3) is 0 Å². The van der Waals surface area contributed by atoms with E-state index in [9.17, 15) is 14.7 Å². The third-order valence-electron chi connectivity index (χ3n) is 5.78. The third kappa shape index (κ3) is 7.77. The number of cyclic esters (lactones) is 1. The van der Waals surface area contributed by atoms with Crippen LogP contribution in [0.25, 0.3) is 0 Å². The molecule has 33 heavy (non-hydrogen) atoms. The van der Waals surface area contributed by atoms with E-state index >= 15 is 0 Å². The summed E-state index contributed by atoms with van der Waals surface area (Å²) in [5.41, 5.74) is 3.25. The number of phenolic OH excluding ortho intramolecular Hbond substituents is 1. The molecular formula is C26H38O7. The van der Waals surface area contributed by atoms with Crippen LogP contribution < -0.4 is 4.74 Å². The van der Waals surface area contributed by atoms with Gasteiger partial charge in [-0.25, -0.2) is 4.79 Å². The van der Waals surface area contributed by atoms with Gasteiger partial charge in [-0.1, -0.05) is 18.1 Å². The maximum atomic E-state index is 12.0. The number of hydrogen-bond donors (Lipinski definition) is 1. The zero-order valence-electron chi connectivity index (χ0n) is 20.6. The number of rotatable bonds is 14. The molecule has 1 aromatic carbocycles. The first-order valence-corrected chi connectivity index (χ1v) is 11.8. The van der Waals surface area contributed by atoms with Crippen LogP contribution in [0.1, 0.15) is 86.3 Å². The average molecular weight is 463 g/mol. The Balaban J connectivity index is 1.78. The first kappa shape index (κ1) is 26.7. The molecule has 0 saturated heterocycles. The van der Waals surface area contributed by atoms with E-state index in [1.165, 1.54) is 0 Å². The fraction of sp³-hybridized carbons (Fsp3) is 0.615. The number of carbonyl (C=O) groups is 2. The quantitative estimate of drug-likeness (QED) is 0.231. The molecule has 7 nitrogen and oxygen atoms in total. The van der Waals surface area contributed by atoms with E-state index in [0.29, 0.717) is 42.7 Å². The van der Waals surface area contributed by atoms with Crippen LogP contribution in [0.15, 0.2) is 11.6 Å². The summed E-state index contributed by atoms with van der Waals surface area (Å²) in [6.45, 7) is 9.22. The molecule has 2 rings (SSSR count). The predicted molar refractivity (Wildman–Crippen MR) is 126 cm³/mol. The minimum Gasteiger partial charge on any atom is -0.507 e. The maximum Gasteiger partial charge on any atom is 0.342 e. The van der Waals surface area contributed by atoms with Crippen molar-refractivity contribution in [2.24, 2.45) is 0 Å². The van der Waals surface area contributed by atoms with Gasteiger partial charge in [-0.3, -0.25) is 4.79 Å². The molecule has 0 bridgehead atoms. The number of unbranched alkanes of at least 4 members (excludes halogenated alkanes) is 3. The lowest BCUT2D eigenvalue weighted by molar-refractivity contribution is -0.143. The summed E-state index contributed by atoms with van der Waals surface area (Å²) in [4.78, 5) is 24.0. The number of benzene rings is 1. The van der Waals surface area contributed by atoms with E-state index in [1.54, 1.807) is 7.11 Å². The number of fused-ring (bicyclic) bond motifs is 1. The lowest BCUT2D eigenvalue weighted by atomic mass is 9.94. The zero-order valence-corrected chi connectivity index (χ0v) is 20.6. The highest BCUT2D eigenvalue weighted by molar-refractivity contribution is 5.98. The summed E-state index contributed by atoms with van der Waals surface area (Å²) in [5.74, 6) is -0.248. The Morgan fingerprint density at radius 2 is 1.85 bits per heavy atom. The Hall–Kier alpha value is -2.54. The van der Waals surface area contributed by atoms with Gasteiger partial charge >= 0.3 is 11.9 Å². The SMILES string of the molecule is COc1c(C)c2c(c(O)c1C/C=C(\C)CCC(=O)OCCCCCCOC(C)C)C(=O)OC2. The molecule has 1 aliphatic heterocycles. The van der Waals surface area contributed by atoms with Crippen molar-refractivity contribution in [3.05, 3.63) is 33.9 Å². The minimum absolute atomic E-state index is 0.0887. The number of methoxy groups -OCH3 is 1. The molecule has 1 N–H and O–H groups in total. The number of phenols is 1. The standard InChI is InChI=1S/C26H38O7/c1-17(2)31-14-8-6-7-9-15-32-22(27)13-11-18(3)10-12-20-24(28)23-21(16-33-26(23)29)19(4)25(20)30-5/h10,17,28H,6-9,11-16H2,1-5H3/b18-10+. The molecule has 1 heterocycles. The molecule has 0 amide bonds. The molecule has 0 aromatic heterocycles. The van der Waals surface area contributed by atoms with Gasteiger partial charge in [0.2, 0.25) is 0 Å². The molecule has 7 heteroatoms. The first-order chi connectivity index (χ1) is 15.8. The molecule has 0 radical (unpaired) electrons. The van der Waals surface area contributed by atoms with Crippen LogP contribution >= 0.6 is 0 Å². The second-order valence-corrected chi connectivity index (χ2v) is 8.72. The molecule has 0 spiro atoms. The number of allylic oxidation sites excluding steroid dienone is 2. The Labute approximate surface area is 197 Å². The summed E-state index contributed by atoms with van der Waals surface area (Å²) in [5, 5.41) is 10.7. The summed E-state index contributed by atoms with van der Waals surface area (Å²) >= 11 is 0. The molecule has 0 saturated carbocycles. The zero-order chi connectivity index (χ0) is 24.4. The molecule has 0 fully saturated rings. The van der Waals surface area contributed by atoms with Crippen LogP contribution in [0, 0.1) is 6.92 Å². The van der Waals surface area contributed by atoms with Crippen molar-refractivity contribution < 1.29 is 33.6 Å². The Morgan fingerprint density at radius 3 is 2.52 bits per heavy atom. The van der Waals surface area contributed by atoms with Gasteiger partial charge in [-0.05, 0) is 65.4 Å². The number of esters is 2. The lowest BCUT2D eigenvalue weighted by Crippen LogP contribution is -2.06. The monoisotopic (exact) mass is 462 g/mol. The van der Waals surface area contributed by atoms with Crippen molar-refractivity contribution in [2.45, 2.75) is 85.4 Å². The molecule has 0 atom stereocenters. The summed E-state index contributed by atoms with van der Waals surface area (Å²) in [7, 11) is 1.54. The Bertz CT molecular complexity index is 855. The fourth-order valence-electron chi connectivity index (χ4n) is 3.84. The molecule has 1 aromatic rings. The van der Waals surface area contributed by atoms with Crippen molar-refractivity contribution in [2.75, 3.05) is 20.3 Å². The van der Waals surface area contributed by atoms with E-state index in [4.69, 9.17) is 18.9 Å². The van der Waals surface area contributed by atoms with Crippen molar-refractivity contribution in [3.63, 3.8) is 0 Å². The maximum absolute atomic E-state index is 12.0. The Morgan fingerprint density at radius 1 is 1.15 bits per heavy atom. The van der Waals surface area contributed by atoms with Gasteiger partial charge in [0.05, 0.1) is 19.8 Å². The van der Waals surface area contributed by atoms with E-state index < -0.39 is 5.97 Å². The topological polar surface area (TPSA) is 91.3 Å². The van der Waals surface area contributed by atoms with Gasteiger partial charge in [-0.2, -0.15) is 0 Å². The second kappa shape index (κ2) is 13.2. The smallest absolute Gasteiger partial charge is 0.342 e. The minimum atomic E-state index is -0.512. The number of carbonyl (C=O) groups excluding carboxylic acids is 2. The van der Waals surface area contributed by atoms with Gasteiger partial charge in [-0.15, -0.1) is 0 Å². The average Bonchev–Trinajstić information content (AvgIpc) is 3.17. The van der Waals surface area contributed by atoms with Crippen molar-refractivity contribution in [1.29, 1.82) is 0 Å². The van der Waals surface area contributed by atoms with E-state index in [-0.39, 0.29) is 30.0 Å². The van der Waals surface area contributed by atoms with E-state index in [0.717, 1.165) is 43.4 Å². The van der Waals surface area contributed by atoms with Gasteiger partial charge in [0, 0.05) is 24.2 Å². The molecular weight excluding hydrogens is 424 g/mol. The number of ether oxygens (including phenoxy) is 4. The lowest BCUT2D eigenvalue weighted by Gasteiger charge is -2.15. The summed E-state index contributed by atoms with van der Waals surface area (Å²) < 4.78 is 21.4. The number of aromatic hydroxyl groups is 1. The van der Waals surface area contributed by atoms with Crippen molar-refractivity contribution in [3.8, 4) is 11.5 Å². The van der Waals surface area contributed by atoms with Crippen LogP contribution in [0.2, 0.25) is 0 Å². The van der Waals surface area contributed by atoms with Crippen LogP contribution in [0.3, 0.4) is 0 Å². The highest BCUT2D eigenvalue weighted by Crippen LogP contribution is 2.42. The van der Waals surface area contributed by atoms with Crippen LogP contribution in [-0.2, 0) is 32.0 Å². The van der Waals surface area contributed by atoms with Crippen molar-refractivity contribution in [1.82, 2.24) is 0 Å². The second-order valence-electron chi connectivity index (χ2n) is 8.72. The van der Waals surface area contributed by atoms with Crippen LogP contribution in [-0.4, -0.2) is 43.5 Å². The van der Waals surface area contributed by atoms with Crippen LogP contribution in [0.4, 0.5) is 0 Å². The highest BCUT2D eigenvalue weighted by atomic mass is 16.5. The summed E-state index contributed by atoms with van der Waals surface area (Å²) in [6.07, 6.45) is 7.46. The largest absolute Gasteiger partial charge is 0.507 e. The molecule has 184 valence electrons. The van der Waals surface area contributed by atoms with E-state index in [2.05, 4.69) is 0 Å².